The molecular formula is C13H23N3O2S. The first-order valence-corrected chi connectivity index (χ1v) is 7.84. The van der Waals surface area contributed by atoms with Crippen molar-refractivity contribution in [3.63, 3.8) is 0 Å². The van der Waals surface area contributed by atoms with Crippen molar-refractivity contribution in [2.24, 2.45) is 0 Å². The molecule has 0 saturated heterocycles. The van der Waals surface area contributed by atoms with Crippen molar-refractivity contribution in [3.05, 3.63) is 35.9 Å². The Hall–Kier alpha value is -0.950. The molecular weight excluding hydrogens is 262 g/mol. The van der Waals surface area contributed by atoms with Crippen molar-refractivity contribution in [2.75, 3.05) is 20.1 Å². The van der Waals surface area contributed by atoms with E-state index in [1.54, 1.807) is 7.05 Å². The van der Waals surface area contributed by atoms with E-state index in [0.717, 1.165) is 5.56 Å². The van der Waals surface area contributed by atoms with Crippen molar-refractivity contribution in [1.29, 1.82) is 0 Å². The maximum absolute atomic E-state index is 12.0. The zero-order chi connectivity index (χ0) is 14.3. The average molecular weight is 285 g/mol. The van der Waals surface area contributed by atoms with Crippen LogP contribution in [0.4, 0.5) is 0 Å². The van der Waals surface area contributed by atoms with E-state index in [1.165, 1.54) is 4.31 Å². The lowest BCUT2D eigenvalue weighted by Gasteiger charge is -2.18. The van der Waals surface area contributed by atoms with Gasteiger partial charge in [0.2, 0.25) is 0 Å². The SMILES string of the molecule is CC(C)NCCNS(=O)(=O)N(C)Cc1ccccc1. The van der Waals surface area contributed by atoms with E-state index in [9.17, 15) is 8.42 Å². The molecule has 19 heavy (non-hydrogen) atoms. The highest BCUT2D eigenvalue weighted by Gasteiger charge is 2.16. The maximum atomic E-state index is 12.0. The van der Waals surface area contributed by atoms with Crippen LogP contribution in [-0.2, 0) is 16.8 Å². The molecule has 6 heteroatoms. The number of benzene rings is 1. The number of nitrogens with one attached hydrogen (secondary N) is 2. The van der Waals surface area contributed by atoms with Gasteiger partial charge in [-0.1, -0.05) is 44.2 Å². The van der Waals surface area contributed by atoms with Gasteiger partial charge in [0.25, 0.3) is 10.2 Å². The van der Waals surface area contributed by atoms with E-state index < -0.39 is 10.2 Å². The Kier molecular flexibility index (Phi) is 6.44. The van der Waals surface area contributed by atoms with Gasteiger partial charge in [0.15, 0.2) is 0 Å². The molecule has 0 aliphatic rings. The van der Waals surface area contributed by atoms with Crippen LogP contribution in [0.5, 0.6) is 0 Å². The Labute approximate surface area is 116 Å². The normalized spacial score (nSPS) is 12.3. The molecule has 1 aromatic rings. The minimum atomic E-state index is -3.41. The summed E-state index contributed by atoms with van der Waals surface area (Å²) < 4.78 is 27.8. The fourth-order valence-corrected chi connectivity index (χ4v) is 2.48. The van der Waals surface area contributed by atoms with Gasteiger partial charge in [-0.25, -0.2) is 4.72 Å². The van der Waals surface area contributed by atoms with Gasteiger partial charge in [-0.2, -0.15) is 12.7 Å². The topological polar surface area (TPSA) is 61.4 Å². The van der Waals surface area contributed by atoms with Crippen LogP contribution in [0.25, 0.3) is 0 Å². The Morgan fingerprint density at radius 2 is 1.79 bits per heavy atom. The molecule has 0 atom stereocenters. The van der Waals surface area contributed by atoms with Gasteiger partial charge < -0.3 is 5.32 Å². The van der Waals surface area contributed by atoms with E-state index in [-0.39, 0.29) is 0 Å². The molecule has 0 spiro atoms. The molecule has 108 valence electrons. The predicted molar refractivity (Wildman–Crippen MR) is 78.0 cm³/mol. The van der Waals surface area contributed by atoms with Crippen LogP contribution in [0.3, 0.4) is 0 Å². The lowest BCUT2D eigenvalue weighted by atomic mass is 10.2. The van der Waals surface area contributed by atoms with Crippen molar-refractivity contribution in [2.45, 2.75) is 26.4 Å². The van der Waals surface area contributed by atoms with Crippen molar-refractivity contribution in [3.8, 4) is 0 Å². The van der Waals surface area contributed by atoms with E-state index in [2.05, 4.69) is 10.0 Å². The van der Waals surface area contributed by atoms with E-state index in [0.29, 0.717) is 25.7 Å². The molecule has 0 fully saturated rings. The summed E-state index contributed by atoms with van der Waals surface area (Å²) in [5, 5.41) is 3.16. The van der Waals surface area contributed by atoms with Gasteiger partial charge in [-0.3, -0.25) is 0 Å². The third kappa shape index (κ3) is 6.15. The number of hydrogen-bond acceptors (Lipinski definition) is 3. The van der Waals surface area contributed by atoms with Crippen LogP contribution in [0.15, 0.2) is 30.3 Å². The highest BCUT2D eigenvalue weighted by Crippen LogP contribution is 2.05. The fourth-order valence-electron chi connectivity index (χ4n) is 1.58. The molecule has 0 unspecified atom stereocenters. The van der Waals surface area contributed by atoms with E-state index in [4.69, 9.17) is 0 Å². The standard InChI is InChI=1S/C13H23N3O2S/c1-12(2)14-9-10-15-19(17,18)16(3)11-13-7-5-4-6-8-13/h4-8,12,14-15H,9-11H2,1-3H3. The zero-order valence-electron chi connectivity index (χ0n) is 11.8. The van der Waals surface area contributed by atoms with E-state index in [1.807, 2.05) is 44.2 Å². The lowest BCUT2D eigenvalue weighted by molar-refractivity contribution is 0.453. The van der Waals surface area contributed by atoms with Crippen LogP contribution in [0, 0.1) is 0 Å². The Bertz CT molecular complexity index is 460. The van der Waals surface area contributed by atoms with Gasteiger partial charge in [-0.15, -0.1) is 0 Å². The van der Waals surface area contributed by atoms with Gasteiger partial charge in [-0.05, 0) is 5.56 Å². The molecule has 0 bridgehead atoms. The average Bonchev–Trinajstić information content (AvgIpc) is 2.35. The first-order chi connectivity index (χ1) is 8.92. The maximum Gasteiger partial charge on any atom is 0.279 e. The van der Waals surface area contributed by atoms with Crippen LogP contribution >= 0.6 is 0 Å². The van der Waals surface area contributed by atoms with Gasteiger partial charge in [0.1, 0.15) is 0 Å². The smallest absolute Gasteiger partial charge is 0.279 e. The van der Waals surface area contributed by atoms with Gasteiger partial charge >= 0.3 is 0 Å². The summed E-state index contributed by atoms with van der Waals surface area (Å²) in [7, 11) is -1.84. The minimum absolute atomic E-state index is 0.353. The van der Waals surface area contributed by atoms with Crippen molar-refractivity contribution in [1.82, 2.24) is 14.3 Å². The molecule has 0 heterocycles. The van der Waals surface area contributed by atoms with Crippen LogP contribution < -0.4 is 10.0 Å². The second-order valence-corrected chi connectivity index (χ2v) is 6.61. The molecule has 0 aromatic heterocycles. The van der Waals surface area contributed by atoms with Crippen molar-refractivity contribution < 1.29 is 8.42 Å². The van der Waals surface area contributed by atoms with Gasteiger partial charge in [0, 0.05) is 32.7 Å². The first kappa shape index (κ1) is 16.1. The number of rotatable bonds is 8. The molecule has 1 rings (SSSR count). The molecule has 2 N–H and O–H groups in total. The largest absolute Gasteiger partial charge is 0.313 e. The fraction of sp³-hybridized carbons (Fsp3) is 0.538. The van der Waals surface area contributed by atoms with Crippen LogP contribution in [-0.4, -0.2) is 38.9 Å². The summed E-state index contributed by atoms with van der Waals surface area (Å²) in [6, 6.07) is 9.88. The minimum Gasteiger partial charge on any atom is -0.313 e. The molecule has 0 saturated carbocycles. The summed E-state index contributed by atoms with van der Waals surface area (Å²) >= 11 is 0. The third-order valence-corrected chi connectivity index (χ3v) is 4.14. The Balaban J connectivity index is 2.43. The second-order valence-electron chi connectivity index (χ2n) is 4.75. The summed E-state index contributed by atoms with van der Waals surface area (Å²) in [6.07, 6.45) is 0. The predicted octanol–water partition coefficient (Wildman–Crippen LogP) is 0.951. The second kappa shape index (κ2) is 7.59. The monoisotopic (exact) mass is 285 g/mol. The highest BCUT2D eigenvalue weighted by molar-refractivity contribution is 7.87. The summed E-state index contributed by atoms with van der Waals surface area (Å²) in [5.41, 5.74) is 0.968. The molecule has 5 nitrogen and oxygen atoms in total. The molecule has 0 aliphatic carbocycles. The van der Waals surface area contributed by atoms with Crippen molar-refractivity contribution >= 4 is 10.2 Å². The molecule has 0 aliphatic heterocycles. The van der Waals surface area contributed by atoms with Gasteiger partial charge in [0.05, 0.1) is 0 Å². The Morgan fingerprint density at radius 1 is 1.16 bits per heavy atom. The summed E-state index contributed by atoms with van der Waals surface area (Å²) in [6.45, 7) is 5.43. The van der Waals surface area contributed by atoms with Crippen LogP contribution in [0.2, 0.25) is 0 Å². The number of nitrogens with zero attached hydrogens (tertiary/aromatic N) is 1. The number of hydrogen-bond donors (Lipinski definition) is 2. The highest BCUT2D eigenvalue weighted by atomic mass is 32.2. The zero-order valence-corrected chi connectivity index (χ0v) is 12.6. The molecule has 0 radical (unpaired) electrons. The quantitative estimate of drug-likeness (QED) is 0.699. The summed E-state index contributed by atoms with van der Waals surface area (Å²) in [5.74, 6) is 0. The molecule has 0 amide bonds. The summed E-state index contributed by atoms with van der Waals surface area (Å²) in [4.78, 5) is 0. The molecule has 1 aromatic carbocycles. The van der Waals surface area contributed by atoms with E-state index >= 15 is 0 Å². The Morgan fingerprint density at radius 3 is 2.37 bits per heavy atom. The first-order valence-electron chi connectivity index (χ1n) is 6.40. The third-order valence-electron chi connectivity index (χ3n) is 2.62. The van der Waals surface area contributed by atoms with Crippen LogP contribution in [0.1, 0.15) is 19.4 Å². The lowest BCUT2D eigenvalue weighted by Crippen LogP contribution is -2.41.